The van der Waals surface area contributed by atoms with E-state index in [1.165, 1.54) is 11.5 Å². The van der Waals surface area contributed by atoms with Gasteiger partial charge in [0.1, 0.15) is 5.82 Å². The molecule has 1 rings (SSSR count). The van der Waals surface area contributed by atoms with E-state index in [0.717, 1.165) is 36.9 Å². The second kappa shape index (κ2) is 6.15. The molecule has 0 fully saturated rings. The monoisotopic (exact) mass is 243 g/mol. The van der Waals surface area contributed by atoms with E-state index in [9.17, 15) is 0 Å². The van der Waals surface area contributed by atoms with Gasteiger partial charge in [0.05, 0.1) is 0 Å². The number of ether oxygens (including phenoxy) is 1. The minimum absolute atomic E-state index is 0.0342. The maximum absolute atomic E-state index is 4.99. The molecule has 0 aliphatic heterocycles. The van der Waals surface area contributed by atoms with Crippen LogP contribution in [0.2, 0.25) is 0 Å². The molecule has 1 N–H and O–H groups in total. The van der Waals surface area contributed by atoms with Gasteiger partial charge in [-0.25, -0.2) is 4.98 Å². The summed E-state index contributed by atoms with van der Waals surface area (Å²) in [7, 11) is 1.73. The van der Waals surface area contributed by atoms with Crippen LogP contribution in [0, 0.1) is 0 Å². The third-order valence-corrected chi connectivity index (χ3v) is 2.82. The fourth-order valence-electron chi connectivity index (χ4n) is 1.17. The Labute approximate surface area is 102 Å². The van der Waals surface area contributed by atoms with E-state index in [1.807, 2.05) is 0 Å². The zero-order valence-corrected chi connectivity index (χ0v) is 11.4. The van der Waals surface area contributed by atoms with Gasteiger partial charge in [0.2, 0.25) is 5.13 Å². The van der Waals surface area contributed by atoms with Crippen LogP contribution in [0.25, 0.3) is 0 Å². The lowest BCUT2D eigenvalue weighted by Gasteiger charge is -2.12. The molecule has 0 radical (unpaired) electrons. The third kappa shape index (κ3) is 4.45. The second-order valence-corrected chi connectivity index (χ2v) is 5.55. The topological polar surface area (TPSA) is 47.0 Å². The van der Waals surface area contributed by atoms with Gasteiger partial charge in [0.25, 0.3) is 0 Å². The number of methoxy groups -OCH3 is 1. The van der Waals surface area contributed by atoms with Crippen molar-refractivity contribution in [3.8, 4) is 0 Å². The molecule has 0 saturated carbocycles. The molecule has 0 spiro atoms. The zero-order valence-electron chi connectivity index (χ0n) is 10.5. The van der Waals surface area contributed by atoms with Crippen molar-refractivity contribution in [1.29, 1.82) is 0 Å². The largest absolute Gasteiger partial charge is 0.385 e. The van der Waals surface area contributed by atoms with Crippen LogP contribution in [0.3, 0.4) is 0 Å². The van der Waals surface area contributed by atoms with Crippen molar-refractivity contribution < 1.29 is 4.74 Å². The molecule has 4 nitrogen and oxygen atoms in total. The van der Waals surface area contributed by atoms with E-state index >= 15 is 0 Å². The molecule has 1 heterocycles. The highest BCUT2D eigenvalue weighted by Crippen LogP contribution is 2.22. The molecule has 0 aromatic carbocycles. The second-order valence-electron chi connectivity index (χ2n) is 4.80. The lowest BCUT2D eigenvalue weighted by molar-refractivity contribution is 0.194. The van der Waals surface area contributed by atoms with Crippen LogP contribution >= 0.6 is 11.5 Å². The number of anilines is 1. The Bertz CT molecular complexity index is 306. The molecule has 0 aliphatic carbocycles. The van der Waals surface area contributed by atoms with Crippen LogP contribution in [0.5, 0.6) is 0 Å². The maximum Gasteiger partial charge on any atom is 0.202 e. The first-order valence-electron chi connectivity index (χ1n) is 5.61. The molecule has 0 unspecified atom stereocenters. The van der Waals surface area contributed by atoms with Gasteiger partial charge >= 0.3 is 0 Å². The number of rotatable bonds is 6. The summed E-state index contributed by atoms with van der Waals surface area (Å²) in [4.78, 5) is 4.46. The van der Waals surface area contributed by atoms with Crippen molar-refractivity contribution in [1.82, 2.24) is 9.36 Å². The van der Waals surface area contributed by atoms with Crippen molar-refractivity contribution in [2.45, 2.75) is 39.0 Å². The first-order valence-corrected chi connectivity index (χ1v) is 6.38. The summed E-state index contributed by atoms with van der Waals surface area (Å²) < 4.78 is 9.34. The Balaban J connectivity index is 2.30. The molecule has 92 valence electrons. The molecule has 0 amide bonds. The number of hydrogen-bond donors (Lipinski definition) is 1. The molecule has 16 heavy (non-hydrogen) atoms. The summed E-state index contributed by atoms with van der Waals surface area (Å²) in [6.45, 7) is 8.12. The van der Waals surface area contributed by atoms with Crippen molar-refractivity contribution >= 4 is 16.7 Å². The van der Waals surface area contributed by atoms with Gasteiger partial charge in [0, 0.05) is 37.2 Å². The maximum atomic E-state index is 4.99. The van der Waals surface area contributed by atoms with Crippen LogP contribution in [0.1, 0.15) is 39.4 Å². The Kier molecular flexibility index (Phi) is 5.15. The Morgan fingerprint density at radius 3 is 2.62 bits per heavy atom. The molecule has 5 heteroatoms. The zero-order chi connectivity index (χ0) is 12.0. The minimum atomic E-state index is 0.0342. The molecular formula is C11H21N3OS. The molecule has 0 bridgehead atoms. The standard InChI is InChI=1S/C11H21N3OS/c1-11(2,3)9-13-10(16-14-9)12-7-5-6-8-15-4/h5-8H2,1-4H3,(H,12,13,14). The fourth-order valence-corrected chi connectivity index (χ4v) is 1.95. The molecule has 0 atom stereocenters. The molecule has 1 aromatic heterocycles. The number of aromatic nitrogens is 2. The van der Waals surface area contributed by atoms with E-state index in [-0.39, 0.29) is 5.41 Å². The Morgan fingerprint density at radius 2 is 2.06 bits per heavy atom. The highest BCUT2D eigenvalue weighted by atomic mass is 32.1. The molecule has 1 aromatic rings. The van der Waals surface area contributed by atoms with Gasteiger partial charge in [-0.2, -0.15) is 4.37 Å². The van der Waals surface area contributed by atoms with Gasteiger partial charge in [-0.1, -0.05) is 20.8 Å². The first-order chi connectivity index (χ1) is 7.54. The Hall–Kier alpha value is -0.680. The quantitative estimate of drug-likeness (QED) is 0.780. The van der Waals surface area contributed by atoms with Crippen molar-refractivity contribution in [2.75, 3.05) is 25.6 Å². The summed E-state index contributed by atoms with van der Waals surface area (Å²) in [6, 6.07) is 0. The van der Waals surface area contributed by atoms with Gasteiger partial charge < -0.3 is 10.1 Å². The SMILES string of the molecule is COCCCCNc1nc(C(C)(C)C)ns1. The summed E-state index contributed by atoms with van der Waals surface area (Å²) in [5.41, 5.74) is 0.0342. The van der Waals surface area contributed by atoms with E-state index in [4.69, 9.17) is 4.74 Å². The van der Waals surface area contributed by atoms with Crippen LogP contribution < -0.4 is 5.32 Å². The average Bonchev–Trinajstić information content (AvgIpc) is 2.65. The van der Waals surface area contributed by atoms with Crippen molar-refractivity contribution in [3.63, 3.8) is 0 Å². The normalized spacial score (nSPS) is 11.8. The summed E-state index contributed by atoms with van der Waals surface area (Å²) in [6.07, 6.45) is 2.17. The van der Waals surface area contributed by atoms with Crippen LogP contribution in [-0.2, 0) is 10.2 Å². The number of nitrogens with zero attached hydrogens (tertiary/aromatic N) is 2. The van der Waals surface area contributed by atoms with Gasteiger partial charge in [0.15, 0.2) is 0 Å². The number of hydrogen-bond acceptors (Lipinski definition) is 5. The molecule has 0 aliphatic rings. The summed E-state index contributed by atoms with van der Waals surface area (Å²) >= 11 is 1.44. The van der Waals surface area contributed by atoms with Crippen molar-refractivity contribution in [2.24, 2.45) is 0 Å². The third-order valence-electron chi connectivity index (χ3n) is 2.15. The van der Waals surface area contributed by atoms with E-state index in [1.54, 1.807) is 7.11 Å². The van der Waals surface area contributed by atoms with Crippen LogP contribution in [-0.4, -0.2) is 29.6 Å². The number of unbranched alkanes of at least 4 members (excludes halogenated alkanes) is 1. The Morgan fingerprint density at radius 1 is 1.31 bits per heavy atom. The molecular weight excluding hydrogens is 222 g/mol. The van der Waals surface area contributed by atoms with E-state index in [0.29, 0.717) is 0 Å². The lowest BCUT2D eigenvalue weighted by atomic mass is 9.96. The van der Waals surface area contributed by atoms with Gasteiger partial charge in [-0.15, -0.1) is 0 Å². The fraction of sp³-hybridized carbons (Fsp3) is 0.818. The lowest BCUT2D eigenvalue weighted by Crippen LogP contribution is -2.13. The average molecular weight is 243 g/mol. The predicted octanol–water partition coefficient (Wildman–Crippen LogP) is 2.67. The number of nitrogens with one attached hydrogen (secondary N) is 1. The van der Waals surface area contributed by atoms with Crippen LogP contribution in [0.15, 0.2) is 0 Å². The van der Waals surface area contributed by atoms with E-state index < -0.39 is 0 Å². The van der Waals surface area contributed by atoms with Gasteiger partial charge in [-0.3, -0.25) is 0 Å². The predicted molar refractivity (Wildman–Crippen MR) is 68.2 cm³/mol. The van der Waals surface area contributed by atoms with E-state index in [2.05, 4.69) is 35.4 Å². The highest BCUT2D eigenvalue weighted by Gasteiger charge is 2.19. The highest BCUT2D eigenvalue weighted by molar-refractivity contribution is 7.09. The first kappa shape index (κ1) is 13.4. The summed E-state index contributed by atoms with van der Waals surface area (Å²) in [5.74, 6) is 0.914. The summed E-state index contributed by atoms with van der Waals surface area (Å²) in [5, 5.41) is 4.20. The van der Waals surface area contributed by atoms with Crippen molar-refractivity contribution in [3.05, 3.63) is 5.82 Å². The van der Waals surface area contributed by atoms with Gasteiger partial charge in [-0.05, 0) is 12.8 Å². The molecule has 0 saturated heterocycles. The van der Waals surface area contributed by atoms with Crippen LogP contribution in [0.4, 0.5) is 5.13 Å². The smallest absolute Gasteiger partial charge is 0.202 e. The minimum Gasteiger partial charge on any atom is -0.385 e.